The summed E-state index contributed by atoms with van der Waals surface area (Å²) in [6.45, 7) is 0.513. The van der Waals surface area contributed by atoms with Crippen LogP contribution in [0.1, 0.15) is 21.6 Å². The molecule has 0 spiro atoms. The van der Waals surface area contributed by atoms with Gasteiger partial charge < -0.3 is 0 Å². The zero-order valence-electron chi connectivity index (χ0n) is 14.3. The normalized spacial score (nSPS) is 10.9. The van der Waals surface area contributed by atoms with Gasteiger partial charge in [-0.2, -0.15) is 10.2 Å². The van der Waals surface area contributed by atoms with E-state index in [4.69, 9.17) is 11.6 Å². The van der Waals surface area contributed by atoms with Crippen LogP contribution in [0.5, 0.6) is 0 Å². The summed E-state index contributed by atoms with van der Waals surface area (Å²) in [6.07, 6.45) is 2.93. The molecule has 3 rings (SSSR count). The average Bonchev–Trinajstić information content (AvgIpc) is 3.11. The molecule has 0 saturated heterocycles. The number of halogens is 2. The highest BCUT2D eigenvalue weighted by Crippen LogP contribution is 2.20. The summed E-state index contributed by atoms with van der Waals surface area (Å²) in [7, 11) is 0. The van der Waals surface area contributed by atoms with Gasteiger partial charge in [0.25, 0.3) is 11.6 Å². The highest BCUT2D eigenvalue weighted by Gasteiger charge is 2.10. The summed E-state index contributed by atoms with van der Waals surface area (Å²) in [6, 6.07) is 13.3. The molecule has 0 fully saturated rings. The van der Waals surface area contributed by atoms with Gasteiger partial charge in [-0.1, -0.05) is 39.7 Å². The van der Waals surface area contributed by atoms with Crippen molar-refractivity contribution in [3.63, 3.8) is 0 Å². The molecule has 142 valence electrons. The lowest BCUT2D eigenvalue weighted by atomic mass is 10.2. The third-order valence-electron chi connectivity index (χ3n) is 3.67. The van der Waals surface area contributed by atoms with Crippen LogP contribution in [0.4, 0.5) is 5.69 Å². The monoisotopic (exact) mass is 461 g/mol. The summed E-state index contributed by atoms with van der Waals surface area (Å²) in [5.41, 5.74) is 3.74. The third kappa shape index (κ3) is 5.02. The van der Waals surface area contributed by atoms with E-state index in [9.17, 15) is 14.9 Å². The molecule has 2 aromatic carbocycles. The van der Waals surface area contributed by atoms with Gasteiger partial charge in [0.1, 0.15) is 0 Å². The first kappa shape index (κ1) is 19.7. The number of hydrogen-bond donors (Lipinski definition) is 1. The maximum atomic E-state index is 12.2. The fraction of sp³-hybridized carbons (Fsp3) is 0.0556. The lowest BCUT2D eigenvalue weighted by molar-refractivity contribution is -0.384. The van der Waals surface area contributed by atoms with Gasteiger partial charge in [-0.3, -0.25) is 19.6 Å². The van der Waals surface area contributed by atoms with Gasteiger partial charge in [0.05, 0.1) is 17.7 Å². The molecule has 1 N–H and O–H groups in total. The van der Waals surface area contributed by atoms with Crippen LogP contribution >= 0.6 is 27.5 Å². The predicted octanol–water partition coefficient (Wildman–Crippen LogP) is 4.02. The van der Waals surface area contributed by atoms with Gasteiger partial charge in [0.2, 0.25) is 0 Å². The Morgan fingerprint density at radius 3 is 2.89 bits per heavy atom. The van der Waals surface area contributed by atoms with Crippen molar-refractivity contribution in [2.24, 2.45) is 5.10 Å². The maximum Gasteiger partial charge on any atom is 0.291 e. The van der Waals surface area contributed by atoms with Crippen LogP contribution in [0.3, 0.4) is 0 Å². The summed E-state index contributed by atoms with van der Waals surface area (Å²) < 4.78 is 2.60. The molecule has 0 radical (unpaired) electrons. The van der Waals surface area contributed by atoms with Gasteiger partial charge in [-0.15, -0.1) is 0 Å². The molecule has 10 heteroatoms. The number of carbonyl (C=O) groups excluding carboxylic acids is 1. The molecule has 1 amide bonds. The van der Waals surface area contributed by atoms with Crippen LogP contribution in [0.15, 0.2) is 64.3 Å². The van der Waals surface area contributed by atoms with Crippen LogP contribution in [0, 0.1) is 10.1 Å². The SMILES string of the molecule is O=C(NN=Cc1cc([N+](=O)[O-])ccc1Cl)c1ccn(Cc2cccc(Br)c2)n1. The summed E-state index contributed by atoms with van der Waals surface area (Å²) in [4.78, 5) is 22.4. The van der Waals surface area contributed by atoms with Crippen LogP contribution in [0.25, 0.3) is 0 Å². The zero-order valence-corrected chi connectivity index (χ0v) is 16.6. The maximum absolute atomic E-state index is 12.2. The Morgan fingerprint density at radius 2 is 2.14 bits per heavy atom. The van der Waals surface area contributed by atoms with E-state index in [1.165, 1.54) is 24.4 Å². The van der Waals surface area contributed by atoms with E-state index in [0.717, 1.165) is 10.0 Å². The Kier molecular flexibility index (Phi) is 6.17. The Bertz CT molecular complexity index is 1070. The third-order valence-corrected chi connectivity index (χ3v) is 4.50. The lowest BCUT2D eigenvalue weighted by Crippen LogP contribution is -2.18. The quantitative estimate of drug-likeness (QED) is 0.339. The van der Waals surface area contributed by atoms with Crippen molar-refractivity contribution in [1.82, 2.24) is 15.2 Å². The molecule has 3 aromatic rings. The topological polar surface area (TPSA) is 102 Å². The van der Waals surface area contributed by atoms with Crippen molar-refractivity contribution >= 4 is 45.3 Å². The zero-order chi connectivity index (χ0) is 20.1. The Labute approximate surface area is 173 Å². The van der Waals surface area contributed by atoms with Crippen molar-refractivity contribution in [2.75, 3.05) is 0 Å². The second-order valence-electron chi connectivity index (χ2n) is 5.69. The van der Waals surface area contributed by atoms with E-state index in [1.54, 1.807) is 16.9 Å². The molecule has 0 bridgehead atoms. The van der Waals surface area contributed by atoms with E-state index in [-0.39, 0.29) is 16.4 Å². The molecule has 0 unspecified atom stereocenters. The fourth-order valence-corrected chi connectivity index (χ4v) is 2.97. The summed E-state index contributed by atoms with van der Waals surface area (Å²) >= 11 is 9.39. The molecular weight excluding hydrogens is 450 g/mol. The van der Waals surface area contributed by atoms with Crippen molar-refractivity contribution in [1.29, 1.82) is 0 Å². The van der Waals surface area contributed by atoms with E-state index in [2.05, 4.69) is 31.6 Å². The number of amides is 1. The first-order valence-corrected chi connectivity index (χ1v) is 9.15. The highest BCUT2D eigenvalue weighted by atomic mass is 79.9. The Balaban J connectivity index is 1.64. The van der Waals surface area contributed by atoms with Gasteiger partial charge >= 0.3 is 0 Å². The van der Waals surface area contributed by atoms with Crippen molar-refractivity contribution in [2.45, 2.75) is 6.54 Å². The largest absolute Gasteiger partial charge is 0.291 e. The second kappa shape index (κ2) is 8.77. The Morgan fingerprint density at radius 1 is 1.32 bits per heavy atom. The van der Waals surface area contributed by atoms with E-state index >= 15 is 0 Å². The number of nitro benzene ring substituents is 1. The van der Waals surface area contributed by atoms with Crippen LogP contribution in [-0.2, 0) is 6.54 Å². The van der Waals surface area contributed by atoms with Gasteiger partial charge in [-0.25, -0.2) is 5.43 Å². The number of nitrogens with one attached hydrogen (secondary N) is 1. The number of aromatic nitrogens is 2. The number of non-ortho nitro benzene ring substituents is 1. The number of rotatable bonds is 6. The van der Waals surface area contributed by atoms with Crippen molar-refractivity contribution in [3.05, 3.63) is 91.2 Å². The van der Waals surface area contributed by atoms with Gasteiger partial charge in [0, 0.05) is 33.4 Å². The fourth-order valence-electron chi connectivity index (χ4n) is 2.35. The number of hydrazone groups is 1. The molecule has 0 aliphatic heterocycles. The van der Waals surface area contributed by atoms with E-state index < -0.39 is 10.8 Å². The average molecular weight is 463 g/mol. The smallest absolute Gasteiger partial charge is 0.268 e. The minimum Gasteiger partial charge on any atom is -0.268 e. The standard InChI is InChI=1S/C18H13BrClN5O3/c19-14-3-1-2-12(8-14)11-24-7-6-17(23-24)18(26)22-21-10-13-9-15(25(27)28)4-5-16(13)20/h1-10H,11H2,(H,22,26). The molecule has 1 heterocycles. The molecular formula is C18H13BrClN5O3. The minimum absolute atomic E-state index is 0.122. The summed E-state index contributed by atoms with van der Waals surface area (Å²) in [5, 5.41) is 19.1. The van der Waals surface area contributed by atoms with Crippen LogP contribution < -0.4 is 5.43 Å². The molecule has 0 aliphatic carbocycles. The predicted molar refractivity (Wildman–Crippen MR) is 109 cm³/mol. The molecule has 0 aliphatic rings. The molecule has 8 nitrogen and oxygen atoms in total. The van der Waals surface area contributed by atoms with E-state index in [1.807, 2.05) is 24.3 Å². The van der Waals surface area contributed by atoms with Gasteiger partial charge in [0.15, 0.2) is 5.69 Å². The molecule has 1 aromatic heterocycles. The Hall–Kier alpha value is -3.04. The van der Waals surface area contributed by atoms with Gasteiger partial charge in [-0.05, 0) is 29.8 Å². The number of hydrogen-bond acceptors (Lipinski definition) is 5. The minimum atomic E-state index is -0.538. The van der Waals surface area contributed by atoms with Crippen molar-refractivity contribution in [3.8, 4) is 0 Å². The number of benzene rings is 2. The molecule has 0 saturated carbocycles. The number of carbonyl (C=O) groups is 1. The number of nitro groups is 1. The van der Waals surface area contributed by atoms with Crippen LogP contribution in [-0.4, -0.2) is 26.8 Å². The van der Waals surface area contributed by atoms with Crippen molar-refractivity contribution < 1.29 is 9.72 Å². The second-order valence-corrected chi connectivity index (χ2v) is 7.01. The van der Waals surface area contributed by atoms with E-state index in [0.29, 0.717) is 12.1 Å². The lowest BCUT2D eigenvalue weighted by Gasteiger charge is -2.02. The summed E-state index contributed by atoms with van der Waals surface area (Å²) in [5.74, 6) is -0.509. The molecule has 0 atom stereocenters. The number of nitrogens with zero attached hydrogens (tertiary/aromatic N) is 4. The molecule has 28 heavy (non-hydrogen) atoms. The highest BCUT2D eigenvalue weighted by molar-refractivity contribution is 9.10. The first-order valence-electron chi connectivity index (χ1n) is 7.97. The van der Waals surface area contributed by atoms with Crippen LogP contribution in [0.2, 0.25) is 5.02 Å². The first-order chi connectivity index (χ1) is 13.4.